The van der Waals surface area contributed by atoms with Gasteiger partial charge in [0.1, 0.15) is 0 Å². The number of nitrogens with zero attached hydrogens (tertiary/aromatic N) is 3. The summed E-state index contributed by atoms with van der Waals surface area (Å²) in [6.45, 7) is 2.34. The molecule has 1 saturated heterocycles. The number of anilines is 1. The monoisotopic (exact) mass is 345 g/mol. The van der Waals surface area contributed by atoms with Crippen LogP contribution in [0, 0.1) is 10.1 Å². The zero-order chi connectivity index (χ0) is 17.1. The smallest absolute Gasteiger partial charge is 0.271 e. The number of carbonyl (C=O) groups excluding carboxylic acids is 1. The summed E-state index contributed by atoms with van der Waals surface area (Å²) in [5.74, 6) is -0.0840. The number of hydrogen-bond donors (Lipinski definition) is 0. The minimum Gasteiger partial charge on any atom is -0.368 e. The van der Waals surface area contributed by atoms with Gasteiger partial charge in [-0.25, -0.2) is 0 Å². The molecule has 0 saturated carbocycles. The number of amides is 1. The Kier molecular flexibility index (Phi) is 4.66. The number of nitro benzene ring substituents is 1. The molecule has 0 aliphatic carbocycles. The van der Waals surface area contributed by atoms with Crippen LogP contribution >= 0.6 is 11.6 Å². The number of non-ortho nitro benzene ring substituents is 1. The van der Waals surface area contributed by atoms with E-state index in [0.717, 1.165) is 5.69 Å². The summed E-state index contributed by atoms with van der Waals surface area (Å²) >= 11 is 6.09. The molecule has 0 aromatic heterocycles. The first-order chi connectivity index (χ1) is 11.6. The lowest BCUT2D eigenvalue weighted by Gasteiger charge is -2.36. The van der Waals surface area contributed by atoms with Crippen molar-refractivity contribution in [3.05, 3.63) is 69.2 Å². The first-order valence-corrected chi connectivity index (χ1v) is 7.97. The average Bonchev–Trinajstić information content (AvgIpc) is 2.62. The third-order valence-electron chi connectivity index (χ3n) is 4.08. The van der Waals surface area contributed by atoms with E-state index in [9.17, 15) is 14.9 Å². The van der Waals surface area contributed by atoms with Crippen LogP contribution in [0.4, 0.5) is 11.4 Å². The third-order valence-corrected chi connectivity index (χ3v) is 4.41. The van der Waals surface area contributed by atoms with Crippen LogP contribution in [0.3, 0.4) is 0 Å². The van der Waals surface area contributed by atoms with E-state index in [1.807, 2.05) is 11.0 Å². The molecule has 1 heterocycles. The quantitative estimate of drug-likeness (QED) is 0.633. The fourth-order valence-electron chi connectivity index (χ4n) is 2.78. The van der Waals surface area contributed by atoms with Crippen LogP contribution in [0.25, 0.3) is 0 Å². The molecular formula is C17H16ClN3O3. The molecule has 0 bridgehead atoms. The Morgan fingerprint density at radius 1 is 1.04 bits per heavy atom. The summed E-state index contributed by atoms with van der Waals surface area (Å²) in [5, 5.41) is 11.3. The summed E-state index contributed by atoms with van der Waals surface area (Å²) < 4.78 is 0. The molecule has 2 aromatic carbocycles. The normalized spacial score (nSPS) is 14.5. The average molecular weight is 346 g/mol. The minimum atomic E-state index is -0.402. The van der Waals surface area contributed by atoms with Gasteiger partial charge in [-0.3, -0.25) is 14.9 Å². The molecule has 24 heavy (non-hydrogen) atoms. The van der Waals surface area contributed by atoms with Crippen molar-refractivity contribution in [2.24, 2.45) is 0 Å². The van der Waals surface area contributed by atoms with Crippen LogP contribution in [0.5, 0.6) is 0 Å². The molecule has 2 aromatic rings. The van der Waals surface area contributed by atoms with E-state index < -0.39 is 4.92 Å². The molecule has 0 N–H and O–H groups in total. The van der Waals surface area contributed by atoms with E-state index in [4.69, 9.17) is 11.6 Å². The van der Waals surface area contributed by atoms with Crippen molar-refractivity contribution in [1.29, 1.82) is 0 Å². The lowest BCUT2D eigenvalue weighted by Crippen LogP contribution is -2.48. The first-order valence-electron chi connectivity index (χ1n) is 7.59. The van der Waals surface area contributed by atoms with E-state index in [2.05, 4.69) is 0 Å². The molecular weight excluding hydrogens is 330 g/mol. The van der Waals surface area contributed by atoms with Crippen molar-refractivity contribution in [2.75, 3.05) is 31.1 Å². The van der Waals surface area contributed by atoms with Crippen LogP contribution < -0.4 is 4.90 Å². The highest BCUT2D eigenvalue weighted by molar-refractivity contribution is 6.33. The van der Waals surface area contributed by atoms with Crippen LogP contribution in [0.15, 0.2) is 48.5 Å². The van der Waals surface area contributed by atoms with E-state index in [-0.39, 0.29) is 11.6 Å². The molecule has 0 radical (unpaired) electrons. The molecule has 0 atom stereocenters. The maximum atomic E-state index is 12.5. The number of hydrogen-bond acceptors (Lipinski definition) is 4. The zero-order valence-electron chi connectivity index (χ0n) is 12.9. The molecule has 1 aliphatic heterocycles. The van der Waals surface area contributed by atoms with Gasteiger partial charge in [-0.1, -0.05) is 29.8 Å². The highest BCUT2D eigenvalue weighted by Crippen LogP contribution is 2.23. The summed E-state index contributed by atoms with van der Waals surface area (Å²) in [4.78, 5) is 26.8. The lowest BCUT2D eigenvalue weighted by atomic mass is 10.1. The molecule has 1 fully saturated rings. The Balaban J connectivity index is 1.68. The standard InChI is InChI=1S/C17H16ClN3O3/c18-16-7-2-1-6-15(16)17(22)20-10-8-19(9-11-20)13-4-3-5-14(12-13)21(23)24/h1-7,12H,8-11H2. The highest BCUT2D eigenvalue weighted by atomic mass is 35.5. The maximum Gasteiger partial charge on any atom is 0.271 e. The third kappa shape index (κ3) is 3.33. The van der Waals surface area contributed by atoms with Crippen LogP contribution in [-0.4, -0.2) is 41.9 Å². The van der Waals surface area contributed by atoms with E-state index in [1.165, 1.54) is 6.07 Å². The molecule has 6 nitrogen and oxygen atoms in total. The summed E-state index contributed by atoms with van der Waals surface area (Å²) in [6, 6.07) is 13.6. The van der Waals surface area contributed by atoms with Crippen molar-refractivity contribution in [1.82, 2.24) is 4.90 Å². The van der Waals surface area contributed by atoms with E-state index in [0.29, 0.717) is 36.8 Å². The maximum absolute atomic E-state index is 12.5. The van der Waals surface area contributed by atoms with Crippen LogP contribution in [0.2, 0.25) is 5.02 Å². The number of rotatable bonds is 3. The van der Waals surface area contributed by atoms with Crippen LogP contribution in [0.1, 0.15) is 10.4 Å². The number of nitro groups is 1. The van der Waals surface area contributed by atoms with Crippen molar-refractivity contribution in [3.8, 4) is 0 Å². The Morgan fingerprint density at radius 2 is 1.75 bits per heavy atom. The molecule has 1 aliphatic rings. The Labute approximate surface area is 144 Å². The largest absolute Gasteiger partial charge is 0.368 e. The lowest BCUT2D eigenvalue weighted by molar-refractivity contribution is -0.384. The summed E-state index contributed by atoms with van der Waals surface area (Å²) in [5.41, 5.74) is 1.37. The topological polar surface area (TPSA) is 66.7 Å². The molecule has 1 amide bonds. The van der Waals surface area contributed by atoms with Crippen molar-refractivity contribution in [2.45, 2.75) is 0 Å². The highest BCUT2D eigenvalue weighted by Gasteiger charge is 2.24. The van der Waals surface area contributed by atoms with Crippen LogP contribution in [-0.2, 0) is 0 Å². The minimum absolute atomic E-state index is 0.0714. The van der Waals surface area contributed by atoms with Gasteiger partial charge in [-0.05, 0) is 18.2 Å². The number of benzene rings is 2. The molecule has 124 valence electrons. The number of carbonyl (C=O) groups is 1. The Morgan fingerprint density at radius 3 is 2.42 bits per heavy atom. The predicted molar refractivity (Wildman–Crippen MR) is 92.7 cm³/mol. The van der Waals surface area contributed by atoms with Gasteiger partial charge < -0.3 is 9.80 Å². The van der Waals surface area contributed by atoms with Gasteiger partial charge in [0.15, 0.2) is 0 Å². The second-order valence-electron chi connectivity index (χ2n) is 5.54. The van der Waals surface area contributed by atoms with Gasteiger partial charge in [0.2, 0.25) is 0 Å². The molecule has 3 rings (SSSR count). The van der Waals surface area contributed by atoms with Crippen molar-refractivity contribution >= 4 is 28.9 Å². The molecule has 7 heteroatoms. The van der Waals surface area contributed by atoms with E-state index >= 15 is 0 Å². The molecule has 0 unspecified atom stereocenters. The SMILES string of the molecule is O=C(c1ccccc1Cl)N1CCN(c2cccc([N+](=O)[O-])c2)CC1. The van der Waals surface area contributed by atoms with Gasteiger partial charge >= 0.3 is 0 Å². The van der Waals surface area contributed by atoms with Gasteiger partial charge in [-0.2, -0.15) is 0 Å². The fourth-order valence-corrected chi connectivity index (χ4v) is 2.99. The van der Waals surface area contributed by atoms with Gasteiger partial charge in [0.05, 0.1) is 15.5 Å². The van der Waals surface area contributed by atoms with Gasteiger partial charge in [0, 0.05) is 44.0 Å². The number of piperazine rings is 1. The van der Waals surface area contributed by atoms with Crippen molar-refractivity contribution in [3.63, 3.8) is 0 Å². The fraction of sp³-hybridized carbons (Fsp3) is 0.235. The Bertz CT molecular complexity index is 773. The summed E-state index contributed by atoms with van der Waals surface area (Å²) in [6.07, 6.45) is 0. The summed E-state index contributed by atoms with van der Waals surface area (Å²) in [7, 11) is 0. The zero-order valence-corrected chi connectivity index (χ0v) is 13.6. The van der Waals surface area contributed by atoms with Gasteiger partial charge in [0.25, 0.3) is 11.6 Å². The second-order valence-corrected chi connectivity index (χ2v) is 5.94. The Hall–Kier alpha value is -2.60. The second kappa shape index (κ2) is 6.88. The first kappa shape index (κ1) is 16.3. The predicted octanol–water partition coefficient (Wildman–Crippen LogP) is 3.21. The number of halogens is 1. The van der Waals surface area contributed by atoms with E-state index in [1.54, 1.807) is 41.3 Å². The molecule has 0 spiro atoms. The van der Waals surface area contributed by atoms with Crippen molar-refractivity contribution < 1.29 is 9.72 Å². The van der Waals surface area contributed by atoms with Gasteiger partial charge in [-0.15, -0.1) is 0 Å².